The maximum Gasteiger partial charge on any atom is 0.317 e. The van der Waals surface area contributed by atoms with E-state index in [9.17, 15) is 4.79 Å². The van der Waals surface area contributed by atoms with Gasteiger partial charge in [-0.1, -0.05) is 26.0 Å². The van der Waals surface area contributed by atoms with Gasteiger partial charge in [0.2, 0.25) is 0 Å². The van der Waals surface area contributed by atoms with Gasteiger partial charge in [-0.15, -0.1) is 0 Å². The third-order valence-corrected chi connectivity index (χ3v) is 3.66. The molecular formula is C16H24N2O2. The first-order valence-corrected chi connectivity index (χ1v) is 7.23. The van der Waals surface area contributed by atoms with Crippen molar-refractivity contribution in [3.63, 3.8) is 0 Å². The van der Waals surface area contributed by atoms with Crippen LogP contribution in [0.2, 0.25) is 0 Å². The summed E-state index contributed by atoms with van der Waals surface area (Å²) in [5, 5.41) is 9.02. The van der Waals surface area contributed by atoms with Crippen LogP contribution < -0.4 is 4.90 Å². The summed E-state index contributed by atoms with van der Waals surface area (Å²) in [4.78, 5) is 15.2. The first-order chi connectivity index (χ1) is 9.45. The van der Waals surface area contributed by atoms with E-state index in [0.29, 0.717) is 12.5 Å². The highest BCUT2D eigenvalue weighted by atomic mass is 16.4. The molecule has 0 atom stereocenters. The monoisotopic (exact) mass is 276 g/mol. The van der Waals surface area contributed by atoms with Gasteiger partial charge in [0, 0.05) is 32.4 Å². The van der Waals surface area contributed by atoms with Crippen molar-refractivity contribution >= 4 is 11.7 Å². The van der Waals surface area contributed by atoms with E-state index in [1.54, 1.807) is 0 Å². The summed E-state index contributed by atoms with van der Waals surface area (Å²) in [6, 6.07) is 6.51. The van der Waals surface area contributed by atoms with Crippen molar-refractivity contribution in [2.24, 2.45) is 5.92 Å². The molecule has 4 nitrogen and oxygen atoms in total. The Labute approximate surface area is 121 Å². The molecular weight excluding hydrogens is 252 g/mol. The van der Waals surface area contributed by atoms with Crippen molar-refractivity contribution in [1.29, 1.82) is 0 Å². The molecule has 1 N–H and O–H groups in total. The van der Waals surface area contributed by atoms with Crippen molar-refractivity contribution in [1.82, 2.24) is 4.90 Å². The van der Waals surface area contributed by atoms with Gasteiger partial charge in [-0.2, -0.15) is 0 Å². The van der Waals surface area contributed by atoms with Gasteiger partial charge < -0.3 is 10.0 Å². The van der Waals surface area contributed by atoms with Crippen molar-refractivity contribution in [2.75, 3.05) is 31.6 Å². The van der Waals surface area contributed by atoms with Gasteiger partial charge in [0.1, 0.15) is 0 Å². The molecule has 1 aliphatic heterocycles. The predicted molar refractivity (Wildman–Crippen MR) is 81.2 cm³/mol. The Morgan fingerprint density at radius 2 is 2.20 bits per heavy atom. The van der Waals surface area contributed by atoms with E-state index < -0.39 is 5.97 Å². The molecule has 0 aromatic heterocycles. The predicted octanol–water partition coefficient (Wildman–Crippen LogP) is 2.22. The minimum Gasteiger partial charge on any atom is -0.480 e. The lowest BCUT2D eigenvalue weighted by atomic mass is 10.1. The Hall–Kier alpha value is -1.55. The van der Waals surface area contributed by atoms with Gasteiger partial charge in [0.05, 0.1) is 6.54 Å². The van der Waals surface area contributed by atoms with Gasteiger partial charge in [-0.05, 0) is 29.5 Å². The van der Waals surface area contributed by atoms with Crippen LogP contribution in [-0.4, -0.2) is 42.7 Å². The molecule has 1 aromatic rings. The number of nitrogens with zero attached hydrogens (tertiary/aromatic N) is 2. The number of hydrogen-bond acceptors (Lipinski definition) is 3. The summed E-state index contributed by atoms with van der Waals surface area (Å²) >= 11 is 0. The lowest BCUT2D eigenvalue weighted by molar-refractivity contribution is -0.138. The molecule has 0 amide bonds. The number of benzene rings is 1. The van der Waals surface area contributed by atoms with Crippen molar-refractivity contribution < 1.29 is 9.90 Å². The SMILES string of the molecule is CC(C)CN(CC(=O)O)Cc1ccc2c(c1)CCN2C. The summed E-state index contributed by atoms with van der Waals surface area (Å²) in [7, 11) is 2.11. The van der Waals surface area contributed by atoms with E-state index in [-0.39, 0.29) is 6.54 Å². The molecule has 20 heavy (non-hydrogen) atoms. The topological polar surface area (TPSA) is 43.8 Å². The Morgan fingerprint density at radius 3 is 2.85 bits per heavy atom. The molecule has 0 unspecified atom stereocenters. The molecule has 0 aliphatic carbocycles. The second kappa shape index (κ2) is 6.27. The molecule has 0 bridgehead atoms. The van der Waals surface area contributed by atoms with Gasteiger partial charge in [0.15, 0.2) is 0 Å². The fourth-order valence-corrected chi connectivity index (χ4v) is 2.87. The van der Waals surface area contributed by atoms with Crippen molar-refractivity contribution in [3.8, 4) is 0 Å². The zero-order valence-electron chi connectivity index (χ0n) is 12.6. The second-order valence-corrected chi connectivity index (χ2v) is 6.09. The van der Waals surface area contributed by atoms with Crippen LogP contribution in [0.25, 0.3) is 0 Å². The minimum absolute atomic E-state index is 0.106. The van der Waals surface area contributed by atoms with Crippen LogP contribution in [0.5, 0.6) is 0 Å². The third kappa shape index (κ3) is 3.73. The summed E-state index contributed by atoms with van der Waals surface area (Å²) in [6.07, 6.45) is 1.09. The number of carboxylic acids is 1. The van der Waals surface area contributed by atoms with Crippen LogP contribution in [0.4, 0.5) is 5.69 Å². The molecule has 0 saturated heterocycles. The van der Waals surface area contributed by atoms with Crippen molar-refractivity contribution in [3.05, 3.63) is 29.3 Å². The third-order valence-electron chi connectivity index (χ3n) is 3.66. The van der Waals surface area contributed by atoms with E-state index in [1.807, 2.05) is 4.90 Å². The normalized spacial score (nSPS) is 14.2. The Morgan fingerprint density at radius 1 is 1.45 bits per heavy atom. The first-order valence-electron chi connectivity index (χ1n) is 7.23. The van der Waals surface area contributed by atoms with E-state index >= 15 is 0 Å². The van der Waals surface area contributed by atoms with Gasteiger partial charge in [-0.3, -0.25) is 9.69 Å². The second-order valence-electron chi connectivity index (χ2n) is 6.09. The highest BCUT2D eigenvalue weighted by molar-refractivity contribution is 5.69. The van der Waals surface area contributed by atoms with Gasteiger partial charge in [-0.25, -0.2) is 0 Å². The van der Waals surface area contributed by atoms with E-state index in [1.165, 1.54) is 16.8 Å². The molecule has 0 saturated carbocycles. The molecule has 110 valence electrons. The molecule has 0 radical (unpaired) electrons. The number of hydrogen-bond donors (Lipinski definition) is 1. The van der Waals surface area contributed by atoms with Crippen molar-refractivity contribution in [2.45, 2.75) is 26.8 Å². The highest BCUT2D eigenvalue weighted by Gasteiger charge is 2.17. The summed E-state index contributed by atoms with van der Waals surface area (Å²) in [5.41, 5.74) is 3.90. The number of carboxylic acid groups (broad SMARTS) is 1. The van der Waals surface area contributed by atoms with E-state index in [4.69, 9.17) is 5.11 Å². The van der Waals surface area contributed by atoms with Gasteiger partial charge >= 0.3 is 5.97 Å². The number of rotatable bonds is 6. The zero-order chi connectivity index (χ0) is 14.7. The maximum atomic E-state index is 11.0. The number of carbonyl (C=O) groups is 1. The van der Waals surface area contributed by atoms with Crippen LogP contribution in [-0.2, 0) is 17.8 Å². The Bertz CT molecular complexity index is 485. The standard InChI is InChI=1S/C16H24N2O2/c1-12(2)9-18(11-16(19)20)10-13-4-5-15-14(8-13)6-7-17(15)3/h4-5,8,12H,6-7,9-11H2,1-3H3,(H,19,20). The quantitative estimate of drug-likeness (QED) is 0.865. The lowest BCUT2D eigenvalue weighted by Crippen LogP contribution is -2.32. The van der Waals surface area contributed by atoms with Crippen LogP contribution in [0.15, 0.2) is 18.2 Å². The minimum atomic E-state index is -0.758. The molecule has 1 aliphatic rings. The lowest BCUT2D eigenvalue weighted by Gasteiger charge is -2.23. The Kier molecular flexibility index (Phi) is 4.65. The fourth-order valence-electron chi connectivity index (χ4n) is 2.87. The highest BCUT2D eigenvalue weighted by Crippen LogP contribution is 2.27. The molecule has 1 aromatic carbocycles. The Balaban J connectivity index is 2.08. The number of anilines is 1. The molecule has 1 heterocycles. The maximum absolute atomic E-state index is 11.0. The number of aliphatic carboxylic acids is 1. The van der Waals surface area contributed by atoms with Crippen LogP contribution in [0.1, 0.15) is 25.0 Å². The van der Waals surface area contributed by atoms with Crippen LogP contribution in [0, 0.1) is 5.92 Å². The number of likely N-dealkylation sites (N-methyl/N-ethyl adjacent to an activating group) is 1. The first kappa shape index (κ1) is 14.9. The average molecular weight is 276 g/mol. The number of fused-ring (bicyclic) bond motifs is 1. The molecule has 0 fully saturated rings. The zero-order valence-corrected chi connectivity index (χ0v) is 12.6. The molecule has 4 heteroatoms. The molecule has 2 rings (SSSR count). The summed E-state index contributed by atoms with van der Waals surface area (Å²) in [5.74, 6) is -0.290. The van der Waals surface area contributed by atoms with E-state index in [0.717, 1.165) is 19.5 Å². The smallest absolute Gasteiger partial charge is 0.317 e. The largest absolute Gasteiger partial charge is 0.480 e. The van der Waals surface area contributed by atoms with Crippen LogP contribution >= 0.6 is 0 Å². The molecule has 0 spiro atoms. The van der Waals surface area contributed by atoms with Crippen LogP contribution in [0.3, 0.4) is 0 Å². The summed E-state index contributed by atoms with van der Waals surface area (Å²) < 4.78 is 0. The summed E-state index contributed by atoms with van der Waals surface area (Å²) in [6.45, 7) is 6.93. The fraction of sp³-hybridized carbons (Fsp3) is 0.562. The average Bonchev–Trinajstić information content (AvgIpc) is 2.69. The van der Waals surface area contributed by atoms with E-state index in [2.05, 4.69) is 44.0 Å². The van der Waals surface area contributed by atoms with Gasteiger partial charge in [0.25, 0.3) is 0 Å².